The minimum absolute atomic E-state index is 0.0153. The first kappa shape index (κ1) is 28.8. The van der Waals surface area contributed by atoms with Gasteiger partial charge >= 0.3 is 0 Å². The quantitative estimate of drug-likeness (QED) is 0.263. The number of para-hydroxylation sites is 1. The number of nitrogens with zero attached hydrogens (tertiary/aromatic N) is 4. The maximum absolute atomic E-state index is 14.0. The van der Waals surface area contributed by atoms with E-state index in [2.05, 4.69) is 27.1 Å². The van der Waals surface area contributed by atoms with Gasteiger partial charge in [-0.05, 0) is 55.8 Å². The summed E-state index contributed by atoms with van der Waals surface area (Å²) in [5.41, 5.74) is 2.47. The molecule has 0 radical (unpaired) electrons. The Morgan fingerprint density at radius 2 is 1.88 bits per heavy atom. The predicted molar refractivity (Wildman–Crippen MR) is 165 cm³/mol. The number of rotatable bonds is 10. The molecule has 0 bridgehead atoms. The lowest BCUT2D eigenvalue weighted by Gasteiger charge is -2.27. The van der Waals surface area contributed by atoms with Gasteiger partial charge in [-0.1, -0.05) is 37.6 Å². The van der Waals surface area contributed by atoms with Gasteiger partial charge in [0.1, 0.15) is 17.2 Å². The number of morpholine rings is 1. The van der Waals surface area contributed by atoms with Gasteiger partial charge in [-0.3, -0.25) is 14.2 Å². The van der Waals surface area contributed by atoms with Crippen molar-refractivity contribution in [3.8, 4) is 5.69 Å². The van der Waals surface area contributed by atoms with Gasteiger partial charge in [0.2, 0.25) is 0 Å². The number of hydrogen-bond acceptors (Lipinski definition) is 7. The molecular weight excluding hydrogens is 530 g/mol. The summed E-state index contributed by atoms with van der Waals surface area (Å²) in [5, 5.41) is 3.41. The minimum Gasteiger partial charge on any atom is -0.463 e. The second kappa shape index (κ2) is 13.7. The van der Waals surface area contributed by atoms with Crippen LogP contribution < -0.4 is 15.6 Å². The van der Waals surface area contributed by atoms with Gasteiger partial charge in [0.15, 0.2) is 5.43 Å². The number of fused-ring (bicyclic) bond motifs is 1. The highest BCUT2D eigenvalue weighted by Crippen LogP contribution is 2.28. The molecule has 1 saturated heterocycles. The molecule has 4 heterocycles. The fourth-order valence-electron chi connectivity index (χ4n) is 4.90. The Labute approximate surface area is 245 Å². The Morgan fingerprint density at radius 1 is 1.07 bits per heavy atom. The van der Waals surface area contributed by atoms with Crippen molar-refractivity contribution in [3.63, 3.8) is 0 Å². The predicted octanol–water partition coefficient (Wildman–Crippen LogP) is 5.24. The third-order valence-electron chi connectivity index (χ3n) is 6.99. The van der Waals surface area contributed by atoms with Crippen LogP contribution in [0.2, 0.25) is 0 Å². The average Bonchev–Trinajstić information content (AvgIpc) is 3.05. The Balaban J connectivity index is 1.58. The molecule has 1 aliphatic heterocycles. The molecule has 0 unspecified atom stereocenters. The lowest BCUT2D eigenvalue weighted by molar-refractivity contribution is 0.0950. The number of carbonyl (C=O) groups is 1. The number of anilines is 1. The zero-order valence-corrected chi connectivity index (χ0v) is 24.0. The van der Waals surface area contributed by atoms with Crippen LogP contribution in [-0.4, -0.2) is 46.7 Å². The number of benzene rings is 1. The van der Waals surface area contributed by atoms with Crippen molar-refractivity contribution in [3.05, 3.63) is 112 Å². The molecule has 3 aromatic heterocycles. The number of unbranched alkanes of at least 4 members (excludes halogenated alkanes) is 1. The fraction of sp³-hybridized carbons (Fsp3) is 0.273. The van der Waals surface area contributed by atoms with Gasteiger partial charge in [0.25, 0.3) is 5.91 Å². The van der Waals surface area contributed by atoms with E-state index in [9.17, 15) is 9.59 Å². The molecule has 1 fully saturated rings. The topological polar surface area (TPSA) is 98.6 Å². The van der Waals surface area contributed by atoms with Gasteiger partial charge in [-0.2, -0.15) is 0 Å². The number of pyridine rings is 3. The smallest absolute Gasteiger partial charge is 0.253 e. The Hall–Kier alpha value is -4.76. The minimum atomic E-state index is -0.326. The average molecular weight is 566 g/mol. The maximum atomic E-state index is 14.0. The molecule has 1 aliphatic rings. The molecular formula is C33H35N5O4. The molecule has 1 N–H and O–H groups in total. The van der Waals surface area contributed by atoms with Crippen LogP contribution in [0.1, 0.15) is 48.3 Å². The van der Waals surface area contributed by atoms with Gasteiger partial charge in [0.05, 0.1) is 36.1 Å². The highest BCUT2D eigenvalue weighted by molar-refractivity contribution is 5.94. The van der Waals surface area contributed by atoms with Crippen molar-refractivity contribution < 1.29 is 14.3 Å². The second-order valence-electron chi connectivity index (χ2n) is 9.83. The van der Waals surface area contributed by atoms with E-state index in [1.54, 1.807) is 42.9 Å². The van der Waals surface area contributed by atoms with E-state index in [1.165, 1.54) is 0 Å². The summed E-state index contributed by atoms with van der Waals surface area (Å²) in [6.45, 7) is 6.75. The molecule has 0 saturated carbocycles. The number of carbonyl (C=O) groups excluding carboxylic acids is 1. The van der Waals surface area contributed by atoms with E-state index < -0.39 is 0 Å². The zero-order valence-electron chi connectivity index (χ0n) is 24.0. The van der Waals surface area contributed by atoms with E-state index in [0.717, 1.165) is 37.4 Å². The first-order chi connectivity index (χ1) is 20.6. The molecule has 4 aromatic rings. The number of allylic oxidation sites excluding steroid dienone is 2. The second-order valence-corrected chi connectivity index (χ2v) is 9.83. The van der Waals surface area contributed by atoms with Crippen molar-refractivity contribution in [2.75, 3.05) is 31.2 Å². The van der Waals surface area contributed by atoms with Crippen LogP contribution in [0.5, 0.6) is 0 Å². The summed E-state index contributed by atoms with van der Waals surface area (Å²) >= 11 is 0. The number of hydrogen-bond donors (Lipinski definition) is 1. The highest BCUT2D eigenvalue weighted by Gasteiger charge is 2.23. The van der Waals surface area contributed by atoms with Gasteiger partial charge in [-0.25, -0.2) is 9.97 Å². The van der Waals surface area contributed by atoms with Crippen molar-refractivity contribution in [1.29, 1.82) is 0 Å². The van der Waals surface area contributed by atoms with Crippen molar-refractivity contribution in [2.24, 2.45) is 0 Å². The highest BCUT2D eigenvalue weighted by atomic mass is 16.5. The van der Waals surface area contributed by atoms with Gasteiger partial charge in [0, 0.05) is 43.3 Å². The first-order valence-electron chi connectivity index (χ1n) is 14.3. The molecule has 0 aliphatic carbocycles. The normalized spacial score (nSPS) is 14.0. The largest absolute Gasteiger partial charge is 0.463 e. The SMILES string of the molecule is C/C=C\O/C(=C/CCC)c1c(CNC(=O)c2ccc(N3CCOCC3)nc2)c(=O)c2cccnc2n1-c1ccccc1. The molecule has 216 valence electrons. The summed E-state index contributed by atoms with van der Waals surface area (Å²) in [4.78, 5) is 38.6. The van der Waals surface area contributed by atoms with Crippen LogP contribution in [0, 0.1) is 0 Å². The van der Waals surface area contributed by atoms with Crippen molar-refractivity contribution in [1.82, 2.24) is 19.9 Å². The van der Waals surface area contributed by atoms with Crippen molar-refractivity contribution in [2.45, 2.75) is 33.2 Å². The van der Waals surface area contributed by atoms with Gasteiger partial charge < -0.3 is 19.7 Å². The summed E-state index contributed by atoms with van der Waals surface area (Å²) in [6.07, 6.45) is 10.2. The molecule has 0 spiro atoms. The van der Waals surface area contributed by atoms with Crippen LogP contribution in [0.25, 0.3) is 22.5 Å². The third kappa shape index (κ3) is 6.26. The molecule has 9 nitrogen and oxygen atoms in total. The van der Waals surface area contributed by atoms with E-state index in [4.69, 9.17) is 9.47 Å². The Kier molecular flexibility index (Phi) is 9.41. The Morgan fingerprint density at radius 3 is 2.60 bits per heavy atom. The van der Waals surface area contributed by atoms with E-state index >= 15 is 0 Å². The monoisotopic (exact) mass is 565 g/mol. The molecule has 9 heteroatoms. The van der Waals surface area contributed by atoms with Crippen LogP contribution in [0.3, 0.4) is 0 Å². The number of amides is 1. The molecule has 1 amide bonds. The lowest BCUT2D eigenvalue weighted by atomic mass is 10.1. The molecule has 1 aromatic carbocycles. The van der Waals surface area contributed by atoms with Crippen molar-refractivity contribution >= 4 is 28.5 Å². The van der Waals surface area contributed by atoms with Crippen LogP contribution in [-0.2, 0) is 16.0 Å². The fourth-order valence-corrected chi connectivity index (χ4v) is 4.90. The van der Waals surface area contributed by atoms with Crippen LogP contribution in [0.15, 0.2) is 90.2 Å². The molecule has 42 heavy (non-hydrogen) atoms. The first-order valence-corrected chi connectivity index (χ1v) is 14.3. The van der Waals surface area contributed by atoms with E-state index in [-0.39, 0.29) is 17.9 Å². The van der Waals surface area contributed by atoms with Crippen LogP contribution >= 0.6 is 0 Å². The summed E-state index contributed by atoms with van der Waals surface area (Å²) in [6, 6.07) is 16.8. The summed E-state index contributed by atoms with van der Waals surface area (Å²) < 4.78 is 13.5. The van der Waals surface area contributed by atoms with E-state index in [1.807, 2.05) is 54.0 Å². The van der Waals surface area contributed by atoms with Gasteiger partial charge in [-0.15, -0.1) is 0 Å². The van der Waals surface area contributed by atoms with Crippen LogP contribution in [0.4, 0.5) is 5.82 Å². The third-order valence-corrected chi connectivity index (χ3v) is 6.99. The standard InChI is InChI=1S/C33H35N5O4/c1-3-5-13-28(42-19-4-2)30-27(23-36-33(40)24-14-15-29(35-22-24)37-17-20-41-21-18-37)31(39)26-12-9-16-34-32(26)38(30)25-10-7-6-8-11-25/h4,6-16,19,22H,3,5,17-18,20-21,23H2,1-2H3,(H,36,40)/b19-4-,28-13+. The summed E-state index contributed by atoms with van der Waals surface area (Å²) in [5.74, 6) is 0.994. The number of nitrogens with one attached hydrogen (secondary N) is 1. The molecule has 5 rings (SSSR count). The molecule has 0 atom stereocenters. The zero-order chi connectivity index (χ0) is 29.3. The lowest BCUT2D eigenvalue weighted by Crippen LogP contribution is -2.36. The summed E-state index contributed by atoms with van der Waals surface area (Å²) in [7, 11) is 0. The maximum Gasteiger partial charge on any atom is 0.253 e. The Bertz CT molecular complexity index is 1640. The number of aromatic nitrogens is 3. The number of ether oxygens (including phenoxy) is 2. The van der Waals surface area contributed by atoms with E-state index in [0.29, 0.717) is 46.8 Å².